The summed E-state index contributed by atoms with van der Waals surface area (Å²) in [6, 6.07) is 1.88. The third-order valence-corrected chi connectivity index (χ3v) is 2.08. The zero-order valence-corrected chi connectivity index (χ0v) is 10.3. The number of halogens is 1. The first-order chi connectivity index (χ1) is 6.58. The highest BCUT2D eigenvalue weighted by molar-refractivity contribution is 9.10. The Morgan fingerprint density at radius 3 is 2.71 bits per heavy atom. The van der Waals surface area contributed by atoms with Crippen LogP contribution in [0.1, 0.15) is 5.82 Å². The maximum Gasteiger partial charge on any atom is 0.130 e. The van der Waals surface area contributed by atoms with E-state index in [0.29, 0.717) is 0 Å². The van der Waals surface area contributed by atoms with E-state index < -0.39 is 0 Å². The van der Waals surface area contributed by atoms with Crippen LogP contribution in [0.25, 0.3) is 0 Å². The normalized spacial score (nSPS) is 10.6. The molecule has 4 nitrogen and oxygen atoms in total. The second-order valence-corrected chi connectivity index (χ2v) is 4.17. The Balaban J connectivity index is 2.50. The number of nitrogens with one attached hydrogen (secondary N) is 1. The molecule has 0 atom stereocenters. The van der Waals surface area contributed by atoms with Gasteiger partial charge >= 0.3 is 0 Å². The summed E-state index contributed by atoms with van der Waals surface area (Å²) in [6.45, 7) is 3.75. The number of nitrogens with zero attached hydrogens (tertiary/aromatic N) is 3. The van der Waals surface area contributed by atoms with Crippen molar-refractivity contribution < 1.29 is 0 Å². The summed E-state index contributed by atoms with van der Waals surface area (Å²) in [5, 5.41) is 3.23. The van der Waals surface area contributed by atoms with Crippen LogP contribution in [0, 0.1) is 6.92 Å². The van der Waals surface area contributed by atoms with E-state index in [4.69, 9.17) is 0 Å². The van der Waals surface area contributed by atoms with Crippen LogP contribution in [0.3, 0.4) is 0 Å². The second kappa shape index (κ2) is 5.26. The Kier molecular flexibility index (Phi) is 4.28. The lowest BCUT2D eigenvalue weighted by atomic mass is 10.5. The van der Waals surface area contributed by atoms with Crippen molar-refractivity contribution in [3.05, 3.63) is 16.5 Å². The summed E-state index contributed by atoms with van der Waals surface area (Å²) in [5.74, 6) is 1.64. The Morgan fingerprint density at radius 1 is 1.43 bits per heavy atom. The van der Waals surface area contributed by atoms with Crippen LogP contribution in [0.5, 0.6) is 0 Å². The molecule has 0 spiro atoms. The van der Waals surface area contributed by atoms with E-state index in [1.165, 1.54) is 0 Å². The predicted octanol–water partition coefficient (Wildman–Crippen LogP) is 1.52. The highest BCUT2D eigenvalue weighted by Crippen LogP contribution is 2.11. The van der Waals surface area contributed by atoms with Crippen molar-refractivity contribution in [2.75, 3.05) is 32.5 Å². The molecule has 0 aliphatic carbocycles. The standard InChI is InChI=1S/C9H15BrN4/c1-7-12-8(10)6-9(13-7)11-4-5-14(2)3/h6H,4-5H2,1-3H3,(H,11,12,13). The SMILES string of the molecule is Cc1nc(Br)cc(NCCN(C)C)n1. The molecule has 1 aromatic heterocycles. The summed E-state index contributed by atoms with van der Waals surface area (Å²) in [7, 11) is 4.09. The minimum Gasteiger partial charge on any atom is -0.369 e. The van der Waals surface area contributed by atoms with Crippen LogP contribution in [0.4, 0.5) is 5.82 Å². The zero-order valence-electron chi connectivity index (χ0n) is 8.71. The van der Waals surface area contributed by atoms with Gasteiger partial charge in [-0.25, -0.2) is 9.97 Å². The molecular formula is C9H15BrN4. The molecule has 1 N–H and O–H groups in total. The molecule has 0 aliphatic rings. The molecule has 78 valence electrons. The van der Waals surface area contributed by atoms with Gasteiger partial charge in [-0.05, 0) is 36.9 Å². The highest BCUT2D eigenvalue weighted by atomic mass is 79.9. The van der Waals surface area contributed by atoms with Gasteiger partial charge in [0.15, 0.2) is 0 Å². The summed E-state index contributed by atoms with van der Waals surface area (Å²) in [4.78, 5) is 10.5. The number of aryl methyl sites for hydroxylation is 1. The molecule has 0 radical (unpaired) electrons. The third-order valence-electron chi connectivity index (χ3n) is 1.67. The van der Waals surface area contributed by atoms with Crippen LogP contribution in [0.15, 0.2) is 10.7 Å². The fourth-order valence-corrected chi connectivity index (χ4v) is 1.50. The fourth-order valence-electron chi connectivity index (χ4n) is 1.03. The molecule has 14 heavy (non-hydrogen) atoms. The molecule has 0 amide bonds. The maximum absolute atomic E-state index is 4.26. The molecule has 5 heteroatoms. The Hall–Kier alpha value is -0.680. The maximum atomic E-state index is 4.26. The smallest absolute Gasteiger partial charge is 0.130 e. The van der Waals surface area contributed by atoms with E-state index in [1.54, 1.807) is 0 Å². The molecule has 1 rings (SSSR count). The first-order valence-electron chi connectivity index (χ1n) is 4.47. The lowest BCUT2D eigenvalue weighted by Crippen LogP contribution is -2.21. The highest BCUT2D eigenvalue weighted by Gasteiger charge is 1.98. The molecule has 0 unspecified atom stereocenters. The van der Waals surface area contributed by atoms with Gasteiger partial charge in [0.1, 0.15) is 16.2 Å². The van der Waals surface area contributed by atoms with Crippen molar-refractivity contribution in [1.82, 2.24) is 14.9 Å². The number of hydrogen-bond donors (Lipinski definition) is 1. The van der Waals surface area contributed by atoms with Crippen molar-refractivity contribution >= 4 is 21.7 Å². The monoisotopic (exact) mass is 258 g/mol. The number of likely N-dealkylation sites (N-methyl/N-ethyl adjacent to an activating group) is 1. The molecule has 1 aromatic rings. The number of hydrogen-bond acceptors (Lipinski definition) is 4. The van der Waals surface area contributed by atoms with Gasteiger partial charge in [0.25, 0.3) is 0 Å². The van der Waals surface area contributed by atoms with Gasteiger partial charge in [-0.15, -0.1) is 0 Å². The fraction of sp³-hybridized carbons (Fsp3) is 0.556. The third kappa shape index (κ3) is 4.02. The van der Waals surface area contributed by atoms with Crippen molar-refractivity contribution in [2.24, 2.45) is 0 Å². The quantitative estimate of drug-likeness (QED) is 0.832. The zero-order chi connectivity index (χ0) is 10.6. The minimum atomic E-state index is 0.770. The van der Waals surface area contributed by atoms with Crippen LogP contribution >= 0.6 is 15.9 Å². The lowest BCUT2D eigenvalue weighted by molar-refractivity contribution is 0.425. The van der Waals surface area contributed by atoms with Crippen molar-refractivity contribution in [2.45, 2.75) is 6.92 Å². The van der Waals surface area contributed by atoms with Gasteiger partial charge < -0.3 is 10.2 Å². The van der Waals surface area contributed by atoms with Gasteiger partial charge in [-0.1, -0.05) is 0 Å². The number of aromatic nitrogens is 2. The molecule has 0 bridgehead atoms. The van der Waals surface area contributed by atoms with E-state index in [9.17, 15) is 0 Å². The van der Waals surface area contributed by atoms with E-state index in [-0.39, 0.29) is 0 Å². The first-order valence-corrected chi connectivity index (χ1v) is 5.27. The Bertz CT molecular complexity index is 281. The topological polar surface area (TPSA) is 41.1 Å². The van der Waals surface area contributed by atoms with Crippen LogP contribution in [-0.2, 0) is 0 Å². The van der Waals surface area contributed by atoms with Crippen LogP contribution in [0.2, 0.25) is 0 Å². The molecule has 0 aromatic carbocycles. The number of rotatable bonds is 4. The predicted molar refractivity (Wildman–Crippen MR) is 61.5 cm³/mol. The molecule has 0 saturated heterocycles. The van der Waals surface area contributed by atoms with Crippen molar-refractivity contribution in [3.8, 4) is 0 Å². The van der Waals surface area contributed by atoms with Gasteiger partial charge in [0.2, 0.25) is 0 Å². The van der Waals surface area contributed by atoms with Crippen molar-refractivity contribution in [1.29, 1.82) is 0 Å². The summed E-state index contributed by atoms with van der Waals surface area (Å²) < 4.78 is 0.817. The minimum absolute atomic E-state index is 0.770. The van der Waals surface area contributed by atoms with Gasteiger partial charge in [-0.2, -0.15) is 0 Å². The molecule has 0 saturated carbocycles. The lowest BCUT2D eigenvalue weighted by Gasteiger charge is -2.10. The van der Waals surface area contributed by atoms with E-state index in [0.717, 1.165) is 29.3 Å². The summed E-state index contributed by atoms with van der Waals surface area (Å²) in [6.07, 6.45) is 0. The van der Waals surface area contributed by atoms with Crippen LogP contribution < -0.4 is 5.32 Å². The number of anilines is 1. The Labute approximate surface area is 92.9 Å². The van der Waals surface area contributed by atoms with Gasteiger partial charge in [-0.3, -0.25) is 0 Å². The molecular weight excluding hydrogens is 244 g/mol. The Morgan fingerprint density at radius 2 is 2.14 bits per heavy atom. The second-order valence-electron chi connectivity index (χ2n) is 3.35. The van der Waals surface area contributed by atoms with E-state index in [1.807, 2.05) is 27.1 Å². The molecule has 0 aliphatic heterocycles. The average Bonchev–Trinajstić information content (AvgIpc) is 2.01. The molecule has 1 heterocycles. The van der Waals surface area contributed by atoms with Crippen molar-refractivity contribution in [3.63, 3.8) is 0 Å². The van der Waals surface area contributed by atoms with E-state index >= 15 is 0 Å². The molecule has 0 fully saturated rings. The summed E-state index contributed by atoms with van der Waals surface area (Å²) in [5.41, 5.74) is 0. The average molecular weight is 259 g/mol. The van der Waals surface area contributed by atoms with Gasteiger partial charge in [0, 0.05) is 19.2 Å². The van der Waals surface area contributed by atoms with Crippen LogP contribution in [-0.4, -0.2) is 42.1 Å². The first kappa shape index (κ1) is 11.4. The van der Waals surface area contributed by atoms with Gasteiger partial charge in [0.05, 0.1) is 0 Å². The van der Waals surface area contributed by atoms with E-state index in [2.05, 4.69) is 36.1 Å². The summed E-state index contributed by atoms with van der Waals surface area (Å²) >= 11 is 3.33. The largest absolute Gasteiger partial charge is 0.369 e.